The van der Waals surface area contributed by atoms with Crippen molar-refractivity contribution in [3.8, 4) is 5.75 Å². The molecule has 1 aliphatic rings. The number of benzene rings is 2. The van der Waals surface area contributed by atoms with Gasteiger partial charge >= 0.3 is 0 Å². The minimum absolute atomic E-state index is 0.0590. The Morgan fingerprint density at radius 3 is 2.38 bits per heavy atom. The number of hydrogen-bond acceptors (Lipinski definition) is 4. The second-order valence-corrected chi connectivity index (χ2v) is 9.05. The van der Waals surface area contributed by atoms with Gasteiger partial charge in [-0.25, -0.2) is 0 Å². The Bertz CT molecular complexity index is 959. The number of rotatable bonds is 7. The average Bonchev–Trinajstić information content (AvgIpc) is 2.79. The first kappa shape index (κ1) is 24.2. The Labute approximate surface area is 202 Å². The Morgan fingerprint density at radius 1 is 1.03 bits per heavy atom. The first-order valence-electron chi connectivity index (χ1n) is 10.9. The molecule has 0 unspecified atom stereocenters. The van der Waals surface area contributed by atoms with Gasteiger partial charge in [0.25, 0.3) is 11.8 Å². The lowest BCUT2D eigenvalue weighted by atomic mass is 9.95. The van der Waals surface area contributed by atoms with Gasteiger partial charge in [0.15, 0.2) is 5.11 Å². The summed E-state index contributed by atoms with van der Waals surface area (Å²) in [5.74, 6) is 0.307. The van der Waals surface area contributed by atoms with E-state index in [-0.39, 0.29) is 23.0 Å². The van der Waals surface area contributed by atoms with Crippen LogP contribution < -0.4 is 20.7 Å². The van der Waals surface area contributed by atoms with Crippen LogP contribution in [-0.2, 0) is 0 Å². The van der Waals surface area contributed by atoms with Crippen molar-refractivity contribution in [2.45, 2.75) is 51.5 Å². The highest BCUT2D eigenvalue weighted by molar-refractivity contribution is 9.10. The maximum atomic E-state index is 12.5. The molecule has 3 N–H and O–H groups in total. The zero-order valence-corrected chi connectivity index (χ0v) is 20.5. The molecule has 8 heteroatoms. The fourth-order valence-corrected chi connectivity index (χ4v) is 4.23. The third kappa shape index (κ3) is 7.03. The predicted molar refractivity (Wildman–Crippen MR) is 134 cm³/mol. The van der Waals surface area contributed by atoms with Gasteiger partial charge in [-0.3, -0.25) is 14.9 Å². The van der Waals surface area contributed by atoms with E-state index in [1.807, 2.05) is 6.92 Å². The second kappa shape index (κ2) is 12.0. The van der Waals surface area contributed by atoms with E-state index in [9.17, 15) is 9.59 Å². The average molecular weight is 518 g/mol. The molecule has 2 aromatic rings. The van der Waals surface area contributed by atoms with Crippen molar-refractivity contribution in [3.05, 3.63) is 58.1 Å². The van der Waals surface area contributed by atoms with E-state index in [0.29, 0.717) is 33.6 Å². The molecule has 1 aliphatic carbocycles. The maximum absolute atomic E-state index is 12.5. The number of hydrogen-bond donors (Lipinski definition) is 3. The van der Waals surface area contributed by atoms with E-state index in [4.69, 9.17) is 17.0 Å². The highest BCUT2D eigenvalue weighted by atomic mass is 79.9. The van der Waals surface area contributed by atoms with Gasteiger partial charge < -0.3 is 15.4 Å². The van der Waals surface area contributed by atoms with Crippen LogP contribution in [0.3, 0.4) is 0 Å². The van der Waals surface area contributed by atoms with Crippen molar-refractivity contribution < 1.29 is 14.3 Å². The van der Waals surface area contributed by atoms with Crippen LogP contribution in [0.5, 0.6) is 5.75 Å². The van der Waals surface area contributed by atoms with Crippen LogP contribution in [0.1, 0.15) is 66.2 Å². The lowest BCUT2D eigenvalue weighted by Gasteiger charge is -2.22. The van der Waals surface area contributed by atoms with Gasteiger partial charge in [0.2, 0.25) is 0 Å². The summed E-state index contributed by atoms with van der Waals surface area (Å²) in [6, 6.07) is 12.4. The van der Waals surface area contributed by atoms with Crippen LogP contribution in [-0.4, -0.2) is 29.6 Å². The van der Waals surface area contributed by atoms with Gasteiger partial charge in [-0.2, -0.15) is 0 Å². The SMILES string of the molecule is CCCOc1ccc(C(=O)NC(=S)Nc2ccc(C(=O)NC3CCCCC3)cc2)cc1Br. The lowest BCUT2D eigenvalue weighted by molar-refractivity contribution is 0.0926. The lowest BCUT2D eigenvalue weighted by Crippen LogP contribution is -2.36. The van der Waals surface area contributed by atoms with Crippen LogP contribution in [0.15, 0.2) is 46.9 Å². The van der Waals surface area contributed by atoms with Crippen molar-refractivity contribution in [2.24, 2.45) is 0 Å². The molecule has 0 heterocycles. The minimum Gasteiger partial charge on any atom is -0.492 e. The largest absolute Gasteiger partial charge is 0.492 e. The Hall–Kier alpha value is -2.45. The zero-order chi connectivity index (χ0) is 22.9. The molecule has 0 radical (unpaired) electrons. The van der Waals surface area contributed by atoms with Gasteiger partial charge in [-0.05, 0) is 89.9 Å². The molecule has 0 saturated heterocycles. The third-order valence-corrected chi connectivity index (χ3v) is 6.05. The number of amides is 2. The van der Waals surface area contributed by atoms with Crippen LogP contribution in [0, 0.1) is 0 Å². The summed E-state index contributed by atoms with van der Waals surface area (Å²) in [6.45, 7) is 2.64. The summed E-state index contributed by atoms with van der Waals surface area (Å²) in [4.78, 5) is 24.9. The molecule has 2 aromatic carbocycles. The number of halogens is 1. The molecule has 6 nitrogen and oxygen atoms in total. The number of thiocarbonyl (C=S) groups is 1. The molecule has 2 amide bonds. The van der Waals surface area contributed by atoms with E-state index in [2.05, 4.69) is 31.9 Å². The summed E-state index contributed by atoms with van der Waals surface area (Å²) in [6.07, 6.45) is 6.59. The van der Waals surface area contributed by atoms with Crippen molar-refractivity contribution in [2.75, 3.05) is 11.9 Å². The number of carbonyl (C=O) groups excluding carboxylic acids is 2. The van der Waals surface area contributed by atoms with E-state index >= 15 is 0 Å². The monoisotopic (exact) mass is 517 g/mol. The molecule has 0 aromatic heterocycles. The van der Waals surface area contributed by atoms with E-state index in [0.717, 1.165) is 19.3 Å². The summed E-state index contributed by atoms with van der Waals surface area (Å²) in [5.41, 5.74) is 1.75. The standard InChI is InChI=1S/C24H28BrN3O3S/c1-2-14-31-21-13-10-17(15-20(21)25)23(30)28-24(32)27-19-11-8-16(9-12-19)22(29)26-18-6-4-3-5-7-18/h8-13,15,18H,2-7,14H2,1H3,(H,26,29)(H2,27,28,30,32). The third-order valence-electron chi connectivity index (χ3n) is 5.23. The number of anilines is 1. The maximum Gasteiger partial charge on any atom is 0.257 e. The molecule has 3 rings (SSSR count). The fourth-order valence-electron chi connectivity index (χ4n) is 3.53. The highest BCUT2D eigenvalue weighted by Gasteiger charge is 2.17. The topological polar surface area (TPSA) is 79.5 Å². The van der Waals surface area contributed by atoms with Gasteiger partial charge in [-0.15, -0.1) is 0 Å². The predicted octanol–water partition coefficient (Wildman–Crippen LogP) is 5.43. The van der Waals surface area contributed by atoms with Crippen molar-refractivity contribution in [1.82, 2.24) is 10.6 Å². The molecule has 32 heavy (non-hydrogen) atoms. The summed E-state index contributed by atoms with van der Waals surface area (Å²) in [5, 5.41) is 8.92. The molecule has 0 spiro atoms. The van der Waals surface area contributed by atoms with Gasteiger partial charge in [0.05, 0.1) is 11.1 Å². The van der Waals surface area contributed by atoms with Crippen molar-refractivity contribution >= 4 is 50.8 Å². The van der Waals surface area contributed by atoms with Crippen LogP contribution in [0.4, 0.5) is 5.69 Å². The van der Waals surface area contributed by atoms with E-state index < -0.39 is 0 Å². The molecular weight excluding hydrogens is 490 g/mol. The van der Waals surface area contributed by atoms with E-state index in [1.165, 1.54) is 19.3 Å². The number of carbonyl (C=O) groups is 2. The quantitative estimate of drug-likeness (QED) is 0.427. The fraction of sp³-hybridized carbons (Fsp3) is 0.375. The molecule has 1 fully saturated rings. The smallest absolute Gasteiger partial charge is 0.257 e. The van der Waals surface area contributed by atoms with Crippen LogP contribution >= 0.6 is 28.1 Å². The summed E-state index contributed by atoms with van der Waals surface area (Å²) in [7, 11) is 0. The molecule has 0 atom stereocenters. The van der Waals surface area contributed by atoms with Gasteiger partial charge in [-0.1, -0.05) is 26.2 Å². The Balaban J connectivity index is 1.51. The summed E-state index contributed by atoms with van der Waals surface area (Å²) < 4.78 is 6.31. The van der Waals surface area contributed by atoms with Crippen LogP contribution in [0.2, 0.25) is 0 Å². The van der Waals surface area contributed by atoms with Crippen LogP contribution in [0.25, 0.3) is 0 Å². The normalized spacial score (nSPS) is 13.8. The van der Waals surface area contributed by atoms with E-state index in [1.54, 1.807) is 42.5 Å². The molecule has 0 aliphatic heterocycles. The van der Waals surface area contributed by atoms with Gasteiger partial charge in [0, 0.05) is 22.9 Å². The first-order valence-corrected chi connectivity index (χ1v) is 12.1. The first-order chi connectivity index (χ1) is 15.5. The molecular formula is C24H28BrN3O3S. The minimum atomic E-state index is -0.325. The van der Waals surface area contributed by atoms with Crippen molar-refractivity contribution in [3.63, 3.8) is 0 Å². The van der Waals surface area contributed by atoms with Crippen molar-refractivity contribution in [1.29, 1.82) is 0 Å². The Kier molecular flexibility index (Phi) is 9.05. The van der Waals surface area contributed by atoms with Gasteiger partial charge in [0.1, 0.15) is 5.75 Å². The highest BCUT2D eigenvalue weighted by Crippen LogP contribution is 2.26. The molecule has 0 bridgehead atoms. The number of nitrogens with one attached hydrogen (secondary N) is 3. The zero-order valence-electron chi connectivity index (χ0n) is 18.1. The molecule has 170 valence electrons. The second-order valence-electron chi connectivity index (χ2n) is 7.79. The number of ether oxygens (including phenoxy) is 1. The Morgan fingerprint density at radius 2 is 1.72 bits per heavy atom. The molecule has 1 saturated carbocycles. The summed E-state index contributed by atoms with van der Waals surface area (Å²) >= 11 is 8.69.